The number of hydrogen-bond acceptors (Lipinski definition) is 6. The summed E-state index contributed by atoms with van der Waals surface area (Å²) in [6.07, 6.45) is 1.99. The lowest BCUT2D eigenvalue weighted by Crippen LogP contribution is -2.50. The molecule has 0 N–H and O–H groups in total. The van der Waals surface area contributed by atoms with Gasteiger partial charge in [0.2, 0.25) is 5.91 Å². The molecule has 3 heterocycles. The third-order valence-electron chi connectivity index (χ3n) is 5.46. The summed E-state index contributed by atoms with van der Waals surface area (Å²) < 4.78 is 5.47. The van der Waals surface area contributed by atoms with Gasteiger partial charge in [-0.25, -0.2) is 4.98 Å². The molecule has 0 aliphatic carbocycles. The van der Waals surface area contributed by atoms with Crippen LogP contribution >= 0.6 is 0 Å². The monoisotopic (exact) mass is 408 g/mol. The zero-order valence-electron chi connectivity index (χ0n) is 16.9. The lowest BCUT2D eigenvalue weighted by Gasteiger charge is -2.36. The Balaban J connectivity index is 1.37. The van der Waals surface area contributed by atoms with Crippen LogP contribution in [0.15, 0.2) is 42.6 Å². The van der Waals surface area contributed by atoms with E-state index >= 15 is 0 Å². The highest BCUT2D eigenvalue weighted by atomic mass is 16.5. The number of carbonyl (C=O) groups is 3. The second kappa shape index (κ2) is 8.52. The average Bonchev–Trinajstić information content (AvgIpc) is 2.78. The zero-order valence-corrected chi connectivity index (χ0v) is 16.9. The summed E-state index contributed by atoms with van der Waals surface area (Å²) in [4.78, 5) is 46.8. The molecule has 1 aromatic carbocycles. The van der Waals surface area contributed by atoms with Crippen LogP contribution in [0.3, 0.4) is 0 Å². The van der Waals surface area contributed by atoms with Crippen LogP contribution in [0, 0.1) is 0 Å². The van der Waals surface area contributed by atoms with Gasteiger partial charge in [-0.3, -0.25) is 14.4 Å². The van der Waals surface area contributed by atoms with E-state index in [1.807, 2.05) is 23.1 Å². The van der Waals surface area contributed by atoms with Crippen LogP contribution in [0.4, 0.5) is 11.5 Å². The van der Waals surface area contributed by atoms with E-state index < -0.39 is 0 Å². The van der Waals surface area contributed by atoms with Gasteiger partial charge < -0.3 is 19.4 Å². The van der Waals surface area contributed by atoms with Crippen molar-refractivity contribution in [1.29, 1.82) is 0 Å². The van der Waals surface area contributed by atoms with E-state index in [0.29, 0.717) is 30.1 Å². The molecular formula is C22H24N4O4. The molecule has 0 spiro atoms. The lowest BCUT2D eigenvalue weighted by atomic mass is 10.1. The van der Waals surface area contributed by atoms with Gasteiger partial charge in [0, 0.05) is 50.9 Å². The second-order valence-corrected chi connectivity index (χ2v) is 7.38. The molecule has 1 saturated heterocycles. The predicted octanol–water partition coefficient (Wildman–Crippen LogP) is 1.75. The number of hydrogen-bond donors (Lipinski definition) is 0. The van der Waals surface area contributed by atoms with Crippen LogP contribution in [-0.4, -0.2) is 66.8 Å². The number of piperazine rings is 1. The maximum Gasteiger partial charge on any atom is 0.265 e. The minimum absolute atomic E-state index is 0.0132. The summed E-state index contributed by atoms with van der Waals surface area (Å²) in [5.41, 5.74) is 1.06. The fraction of sp³-hybridized carbons (Fsp3) is 0.364. The number of aromatic nitrogens is 1. The van der Waals surface area contributed by atoms with E-state index in [0.717, 1.165) is 18.9 Å². The SMILES string of the molecule is CC(=O)c1ccc2c(c1)N(CCC(=O)N1CCN(c3ccccn3)CC1)C(=O)CO2. The van der Waals surface area contributed by atoms with E-state index in [2.05, 4.69) is 9.88 Å². The first-order valence-corrected chi connectivity index (χ1v) is 10.0. The molecule has 1 fully saturated rings. The molecule has 4 rings (SSSR count). The Labute approximate surface area is 175 Å². The van der Waals surface area contributed by atoms with Gasteiger partial charge >= 0.3 is 0 Å². The Morgan fingerprint density at radius 2 is 1.90 bits per heavy atom. The summed E-state index contributed by atoms with van der Waals surface area (Å²) in [5.74, 6) is 1.19. The van der Waals surface area contributed by atoms with Crippen molar-refractivity contribution >= 4 is 29.1 Å². The van der Waals surface area contributed by atoms with Gasteiger partial charge in [-0.1, -0.05) is 6.07 Å². The average molecular weight is 408 g/mol. The Bertz CT molecular complexity index is 955. The summed E-state index contributed by atoms with van der Waals surface area (Å²) >= 11 is 0. The number of carbonyl (C=O) groups excluding carboxylic acids is 3. The highest BCUT2D eigenvalue weighted by Crippen LogP contribution is 2.33. The fourth-order valence-electron chi connectivity index (χ4n) is 3.76. The van der Waals surface area contributed by atoms with Crippen molar-refractivity contribution in [3.05, 3.63) is 48.2 Å². The largest absolute Gasteiger partial charge is 0.482 e. The smallest absolute Gasteiger partial charge is 0.265 e. The molecule has 156 valence electrons. The molecule has 0 bridgehead atoms. The lowest BCUT2D eigenvalue weighted by molar-refractivity contribution is -0.131. The molecule has 8 heteroatoms. The van der Waals surface area contributed by atoms with E-state index in [-0.39, 0.29) is 37.2 Å². The van der Waals surface area contributed by atoms with Crippen molar-refractivity contribution in [2.75, 3.05) is 49.1 Å². The molecule has 2 aliphatic heterocycles. The van der Waals surface area contributed by atoms with Crippen LogP contribution < -0.4 is 14.5 Å². The molecule has 0 unspecified atom stereocenters. The van der Waals surface area contributed by atoms with Crippen molar-refractivity contribution < 1.29 is 19.1 Å². The van der Waals surface area contributed by atoms with Gasteiger partial charge in [-0.2, -0.15) is 0 Å². The number of ether oxygens (including phenoxy) is 1. The summed E-state index contributed by atoms with van der Waals surface area (Å²) in [7, 11) is 0. The number of benzene rings is 1. The molecule has 0 atom stereocenters. The molecule has 30 heavy (non-hydrogen) atoms. The quantitative estimate of drug-likeness (QED) is 0.701. The fourth-order valence-corrected chi connectivity index (χ4v) is 3.76. The molecule has 2 aliphatic rings. The van der Waals surface area contributed by atoms with Crippen molar-refractivity contribution in [2.45, 2.75) is 13.3 Å². The summed E-state index contributed by atoms with van der Waals surface area (Å²) in [6, 6.07) is 10.8. The first kappa shape index (κ1) is 19.9. The number of nitrogens with zero attached hydrogens (tertiary/aromatic N) is 4. The molecule has 2 aromatic rings. The minimum atomic E-state index is -0.212. The third kappa shape index (κ3) is 4.12. The van der Waals surface area contributed by atoms with Crippen LogP contribution in [0.1, 0.15) is 23.7 Å². The Hall–Kier alpha value is -3.42. The van der Waals surface area contributed by atoms with Crippen LogP contribution in [0.25, 0.3) is 0 Å². The topological polar surface area (TPSA) is 83.1 Å². The normalized spacial score (nSPS) is 16.2. The Kier molecular flexibility index (Phi) is 5.65. The van der Waals surface area contributed by atoms with Gasteiger partial charge in [-0.15, -0.1) is 0 Å². The van der Waals surface area contributed by atoms with Crippen LogP contribution in [0.5, 0.6) is 5.75 Å². The molecule has 2 amide bonds. The number of fused-ring (bicyclic) bond motifs is 1. The van der Waals surface area contributed by atoms with E-state index in [1.165, 1.54) is 6.92 Å². The third-order valence-corrected chi connectivity index (χ3v) is 5.46. The van der Waals surface area contributed by atoms with Gasteiger partial charge in [0.25, 0.3) is 5.91 Å². The van der Waals surface area contributed by atoms with Gasteiger partial charge in [0.05, 0.1) is 5.69 Å². The number of anilines is 2. The standard InChI is InChI=1S/C22H24N4O4/c1-16(27)17-5-6-19-18(14-17)26(22(29)15-30-19)9-7-21(28)25-12-10-24(11-13-25)20-4-2-3-8-23-20/h2-6,8,14H,7,9-13,15H2,1H3. The van der Waals surface area contributed by atoms with Crippen LogP contribution in [-0.2, 0) is 9.59 Å². The van der Waals surface area contributed by atoms with E-state index in [9.17, 15) is 14.4 Å². The zero-order chi connectivity index (χ0) is 21.1. The van der Waals surface area contributed by atoms with E-state index in [4.69, 9.17) is 4.74 Å². The van der Waals surface area contributed by atoms with Crippen molar-refractivity contribution in [2.24, 2.45) is 0 Å². The number of Topliss-reactive ketones (excluding diaryl/α,β-unsaturated/α-hetero) is 1. The molecule has 0 saturated carbocycles. The number of ketones is 1. The predicted molar refractivity (Wildman–Crippen MR) is 112 cm³/mol. The first-order valence-electron chi connectivity index (χ1n) is 10.0. The Morgan fingerprint density at radius 1 is 1.10 bits per heavy atom. The van der Waals surface area contributed by atoms with Gasteiger partial charge in [0.15, 0.2) is 12.4 Å². The maximum atomic E-state index is 12.7. The molecule has 1 aromatic heterocycles. The molecule has 8 nitrogen and oxygen atoms in total. The van der Waals surface area contributed by atoms with Crippen molar-refractivity contribution in [1.82, 2.24) is 9.88 Å². The summed E-state index contributed by atoms with van der Waals surface area (Å²) in [6.45, 7) is 4.37. The summed E-state index contributed by atoms with van der Waals surface area (Å²) in [5, 5.41) is 0. The molecule has 0 radical (unpaired) electrons. The Morgan fingerprint density at radius 3 is 2.60 bits per heavy atom. The minimum Gasteiger partial charge on any atom is -0.482 e. The first-order chi connectivity index (χ1) is 14.5. The second-order valence-electron chi connectivity index (χ2n) is 7.38. The van der Waals surface area contributed by atoms with Gasteiger partial charge in [-0.05, 0) is 37.3 Å². The van der Waals surface area contributed by atoms with Crippen molar-refractivity contribution in [3.8, 4) is 5.75 Å². The number of rotatable bonds is 5. The number of pyridine rings is 1. The highest BCUT2D eigenvalue weighted by molar-refractivity contribution is 6.01. The van der Waals surface area contributed by atoms with E-state index in [1.54, 1.807) is 29.3 Å². The van der Waals surface area contributed by atoms with Gasteiger partial charge in [0.1, 0.15) is 11.6 Å². The number of amides is 2. The molecular weight excluding hydrogens is 384 g/mol. The highest BCUT2D eigenvalue weighted by Gasteiger charge is 2.28. The maximum absolute atomic E-state index is 12.7. The van der Waals surface area contributed by atoms with Crippen molar-refractivity contribution in [3.63, 3.8) is 0 Å². The van der Waals surface area contributed by atoms with Crippen LogP contribution in [0.2, 0.25) is 0 Å².